The molecule has 0 N–H and O–H groups in total. The highest BCUT2D eigenvalue weighted by Gasteiger charge is 1.91. The molecule has 0 fully saturated rings. The van der Waals surface area contributed by atoms with Gasteiger partial charge in [0.1, 0.15) is 0 Å². The van der Waals surface area contributed by atoms with Crippen molar-refractivity contribution >= 4 is 0 Å². The first-order valence-corrected chi connectivity index (χ1v) is 8.10. The molecule has 0 radical (unpaired) electrons. The van der Waals surface area contributed by atoms with E-state index in [1.807, 2.05) is 12.2 Å². The fourth-order valence-corrected chi connectivity index (χ4v) is 1.75. The number of hydrogen-bond acceptors (Lipinski definition) is 0. The Balaban J connectivity index is 0. The van der Waals surface area contributed by atoms with Gasteiger partial charge in [-0.1, -0.05) is 47.1 Å². The maximum absolute atomic E-state index is 3.74. The molecule has 0 bridgehead atoms. The largest absolute Gasteiger partial charge is 0.103 e. The Bertz CT molecular complexity index is 342. The first kappa shape index (κ1) is 22.0. The highest BCUT2D eigenvalue weighted by molar-refractivity contribution is 5.07. The topological polar surface area (TPSA) is 0 Å². The van der Waals surface area contributed by atoms with Gasteiger partial charge in [0.15, 0.2) is 0 Å². The molecule has 0 aliphatic carbocycles. The Kier molecular flexibility index (Phi) is 17.5. The van der Waals surface area contributed by atoms with Crippen LogP contribution in [0.2, 0.25) is 0 Å². The van der Waals surface area contributed by atoms with E-state index in [1.165, 1.54) is 36.0 Å². The van der Waals surface area contributed by atoms with E-state index in [2.05, 4.69) is 66.0 Å². The Morgan fingerprint density at radius 2 is 1.38 bits per heavy atom. The SMILES string of the molecule is C=CCC(=CC)CCC=C(C)C.C=CCCCC=C(C)C. The van der Waals surface area contributed by atoms with Gasteiger partial charge in [0.25, 0.3) is 0 Å². The fourth-order valence-electron chi connectivity index (χ4n) is 1.75. The van der Waals surface area contributed by atoms with Crippen molar-refractivity contribution < 1.29 is 0 Å². The van der Waals surface area contributed by atoms with Crippen LogP contribution in [0, 0.1) is 0 Å². The summed E-state index contributed by atoms with van der Waals surface area (Å²) in [7, 11) is 0. The van der Waals surface area contributed by atoms with Crippen molar-refractivity contribution in [1.29, 1.82) is 0 Å². The Hall–Kier alpha value is -1.30. The van der Waals surface area contributed by atoms with Gasteiger partial charge in [0.2, 0.25) is 0 Å². The van der Waals surface area contributed by atoms with Crippen molar-refractivity contribution in [1.82, 2.24) is 0 Å². The third-order valence-electron chi connectivity index (χ3n) is 3.00. The molecule has 0 nitrogen and oxygen atoms in total. The summed E-state index contributed by atoms with van der Waals surface area (Å²) < 4.78 is 0. The lowest BCUT2D eigenvalue weighted by atomic mass is 10.1. The predicted molar refractivity (Wildman–Crippen MR) is 101 cm³/mol. The molecule has 120 valence electrons. The van der Waals surface area contributed by atoms with Crippen molar-refractivity contribution in [3.05, 3.63) is 60.3 Å². The highest BCUT2D eigenvalue weighted by Crippen LogP contribution is 2.11. The molecule has 0 heterocycles. The second-order valence-corrected chi connectivity index (χ2v) is 5.76. The van der Waals surface area contributed by atoms with Crippen LogP contribution in [0.4, 0.5) is 0 Å². The van der Waals surface area contributed by atoms with Crippen molar-refractivity contribution in [3.8, 4) is 0 Å². The molecule has 0 atom stereocenters. The van der Waals surface area contributed by atoms with Crippen LogP contribution in [0.3, 0.4) is 0 Å². The van der Waals surface area contributed by atoms with Gasteiger partial charge in [-0.15, -0.1) is 13.2 Å². The quantitative estimate of drug-likeness (QED) is 0.303. The summed E-state index contributed by atoms with van der Waals surface area (Å²) in [6.07, 6.45) is 17.6. The lowest BCUT2D eigenvalue weighted by molar-refractivity contribution is 0.864. The van der Waals surface area contributed by atoms with E-state index in [9.17, 15) is 0 Å². The van der Waals surface area contributed by atoms with Crippen molar-refractivity contribution in [2.45, 2.75) is 73.1 Å². The third kappa shape index (κ3) is 21.2. The molecule has 0 rings (SSSR count). The minimum Gasteiger partial charge on any atom is -0.103 e. The minimum atomic E-state index is 1.03. The first-order valence-electron chi connectivity index (χ1n) is 8.10. The maximum Gasteiger partial charge on any atom is -0.0142 e. The van der Waals surface area contributed by atoms with Crippen LogP contribution in [-0.2, 0) is 0 Å². The van der Waals surface area contributed by atoms with Gasteiger partial charge in [-0.05, 0) is 73.1 Å². The summed E-state index contributed by atoms with van der Waals surface area (Å²) >= 11 is 0. The summed E-state index contributed by atoms with van der Waals surface area (Å²) in [6.45, 7) is 18.0. The minimum absolute atomic E-state index is 1.03. The van der Waals surface area contributed by atoms with Gasteiger partial charge in [-0.2, -0.15) is 0 Å². The average molecular weight is 289 g/mol. The number of unbranched alkanes of at least 4 members (excludes halogenated alkanes) is 2. The number of allylic oxidation sites excluding steroid dienone is 8. The Labute approximate surface area is 134 Å². The first-order chi connectivity index (χ1) is 9.97. The van der Waals surface area contributed by atoms with Gasteiger partial charge in [-0.3, -0.25) is 0 Å². The zero-order valence-corrected chi connectivity index (χ0v) is 15.0. The van der Waals surface area contributed by atoms with Crippen LogP contribution in [-0.4, -0.2) is 0 Å². The summed E-state index contributed by atoms with van der Waals surface area (Å²) in [5.74, 6) is 0. The third-order valence-corrected chi connectivity index (χ3v) is 3.00. The van der Waals surface area contributed by atoms with Crippen LogP contribution in [0.15, 0.2) is 60.3 Å². The molecule has 0 saturated carbocycles. The zero-order chi connectivity index (χ0) is 16.5. The molecule has 0 aromatic carbocycles. The van der Waals surface area contributed by atoms with Crippen LogP contribution >= 0.6 is 0 Å². The molecule has 0 amide bonds. The van der Waals surface area contributed by atoms with E-state index < -0.39 is 0 Å². The smallest absolute Gasteiger partial charge is 0.0142 e. The van der Waals surface area contributed by atoms with E-state index in [4.69, 9.17) is 0 Å². The van der Waals surface area contributed by atoms with Crippen LogP contribution in [0.5, 0.6) is 0 Å². The van der Waals surface area contributed by atoms with E-state index in [0.29, 0.717) is 0 Å². The van der Waals surface area contributed by atoms with Gasteiger partial charge in [0, 0.05) is 0 Å². The monoisotopic (exact) mass is 288 g/mol. The van der Waals surface area contributed by atoms with Gasteiger partial charge < -0.3 is 0 Å². The molecule has 0 aliphatic heterocycles. The summed E-state index contributed by atoms with van der Waals surface area (Å²) in [5.41, 5.74) is 4.31. The van der Waals surface area contributed by atoms with Gasteiger partial charge >= 0.3 is 0 Å². The predicted octanol–water partition coefficient (Wildman–Crippen LogP) is 7.56. The van der Waals surface area contributed by atoms with E-state index in [1.54, 1.807) is 0 Å². The number of hydrogen-bond donors (Lipinski definition) is 0. The molecular weight excluding hydrogens is 252 g/mol. The molecule has 21 heavy (non-hydrogen) atoms. The molecule has 0 spiro atoms. The van der Waals surface area contributed by atoms with Crippen LogP contribution < -0.4 is 0 Å². The van der Waals surface area contributed by atoms with Gasteiger partial charge in [-0.25, -0.2) is 0 Å². The second kappa shape index (κ2) is 16.8. The maximum atomic E-state index is 3.74. The summed E-state index contributed by atoms with van der Waals surface area (Å²) in [5, 5.41) is 0. The molecular formula is C21H36. The Morgan fingerprint density at radius 1 is 0.810 bits per heavy atom. The lowest BCUT2D eigenvalue weighted by Crippen LogP contribution is -1.80. The van der Waals surface area contributed by atoms with Gasteiger partial charge in [0.05, 0.1) is 0 Å². The molecule has 0 unspecified atom stereocenters. The molecule has 0 heteroatoms. The van der Waals surface area contributed by atoms with Crippen LogP contribution in [0.1, 0.15) is 73.1 Å². The number of rotatable bonds is 9. The van der Waals surface area contributed by atoms with E-state index in [0.717, 1.165) is 19.3 Å². The standard InChI is InChI=1S/C12H20.C9H16/c1-5-8-12(6-2)10-7-9-11(3)4;1-4-5-6-7-8-9(2)3/h5-6,9H,1,7-8,10H2,2-4H3;4,8H,1,5-7H2,2-3H3. The van der Waals surface area contributed by atoms with E-state index in [-0.39, 0.29) is 0 Å². The molecule has 0 saturated heterocycles. The second-order valence-electron chi connectivity index (χ2n) is 5.76. The molecule has 0 aliphatic rings. The normalized spacial score (nSPS) is 10.0. The highest BCUT2D eigenvalue weighted by atomic mass is 14.0. The van der Waals surface area contributed by atoms with E-state index >= 15 is 0 Å². The summed E-state index contributed by atoms with van der Waals surface area (Å²) in [4.78, 5) is 0. The zero-order valence-electron chi connectivity index (χ0n) is 15.0. The Morgan fingerprint density at radius 3 is 1.81 bits per heavy atom. The summed E-state index contributed by atoms with van der Waals surface area (Å²) in [6, 6.07) is 0. The van der Waals surface area contributed by atoms with Crippen LogP contribution in [0.25, 0.3) is 0 Å². The van der Waals surface area contributed by atoms with Crippen molar-refractivity contribution in [3.63, 3.8) is 0 Å². The fraction of sp³-hybridized carbons (Fsp3) is 0.524. The average Bonchev–Trinajstić information content (AvgIpc) is 2.43. The molecule has 0 aromatic rings. The van der Waals surface area contributed by atoms with Crippen molar-refractivity contribution in [2.75, 3.05) is 0 Å². The lowest BCUT2D eigenvalue weighted by Gasteiger charge is -2.00. The molecule has 0 aromatic heterocycles. The van der Waals surface area contributed by atoms with Crippen molar-refractivity contribution in [2.24, 2.45) is 0 Å².